The summed E-state index contributed by atoms with van der Waals surface area (Å²) in [5, 5.41) is 13.1. The van der Waals surface area contributed by atoms with Crippen molar-refractivity contribution < 1.29 is 9.26 Å². The fraction of sp³-hybridized carbons (Fsp3) is 0.438. The van der Waals surface area contributed by atoms with Gasteiger partial charge < -0.3 is 9.26 Å². The van der Waals surface area contributed by atoms with E-state index in [-0.39, 0.29) is 0 Å². The van der Waals surface area contributed by atoms with Gasteiger partial charge in [0.15, 0.2) is 0 Å². The monoisotopic (exact) mass is 283 g/mol. The first-order valence-corrected chi connectivity index (χ1v) is 7.26. The molecule has 2 aromatic rings. The maximum absolute atomic E-state index is 8.96. The van der Waals surface area contributed by atoms with Gasteiger partial charge in [0.25, 0.3) is 5.89 Å². The highest BCUT2D eigenvalue weighted by Gasteiger charge is 2.40. The van der Waals surface area contributed by atoms with Crippen LogP contribution in [-0.4, -0.2) is 16.7 Å². The van der Waals surface area contributed by atoms with Crippen molar-refractivity contribution in [1.82, 2.24) is 10.1 Å². The van der Waals surface area contributed by atoms with Crippen molar-refractivity contribution in [3.63, 3.8) is 0 Å². The van der Waals surface area contributed by atoms with E-state index < -0.39 is 5.60 Å². The molecule has 0 unspecified atom stereocenters. The number of benzene rings is 1. The van der Waals surface area contributed by atoms with E-state index in [0.717, 1.165) is 31.2 Å². The number of rotatable bonds is 4. The molecule has 1 aromatic carbocycles. The number of nitriles is 1. The van der Waals surface area contributed by atoms with Crippen molar-refractivity contribution in [3.8, 4) is 17.5 Å². The molecule has 0 saturated heterocycles. The maximum Gasteiger partial charge on any atom is 0.258 e. The highest BCUT2D eigenvalue weighted by molar-refractivity contribution is 5.56. The van der Waals surface area contributed by atoms with Crippen LogP contribution in [0.2, 0.25) is 0 Å². The highest BCUT2D eigenvalue weighted by Crippen LogP contribution is 2.41. The third-order valence-corrected chi connectivity index (χ3v) is 3.90. The first-order chi connectivity index (χ1) is 10.3. The Labute approximate surface area is 123 Å². The quantitative estimate of drug-likeness (QED) is 0.859. The van der Waals surface area contributed by atoms with Crippen LogP contribution < -0.4 is 0 Å². The molecule has 0 amide bonds. The lowest BCUT2D eigenvalue weighted by Gasteiger charge is -2.24. The highest BCUT2D eigenvalue weighted by atomic mass is 16.5. The molecule has 0 aliphatic heterocycles. The van der Waals surface area contributed by atoms with Gasteiger partial charge in [-0.3, -0.25) is 0 Å². The first-order valence-electron chi connectivity index (χ1n) is 7.26. The van der Waals surface area contributed by atoms with Crippen molar-refractivity contribution in [2.24, 2.45) is 0 Å². The SMILES string of the molecule is CCOC1(c2noc(-c3cccc(C#N)c3)n2)CCCC1. The Bertz CT molecular complexity index is 666. The third kappa shape index (κ3) is 2.55. The Balaban J connectivity index is 1.94. The lowest BCUT2D eigenvalue weighted by Crippen LogP contribution is -2.27. The van der Waals surface area contributed by atoms with Gasteiger partial charge in [0, 0.05) is 12.2 Å². The molecule has 21 heavy (non-hydrogen) atoms. The van der Waals surface area contributed by atoms with E-state index in [4.69, 9.17) is 14.5 Å². The summed E-state index contributed by atoms with van der Waals surface area (Å²) < 4.78 is 11.3. The molecule has 0 atom stereocenters. The Morgan fingerprint density at radius 2 is 2.19 bits per heavy atom. The normalized spacial score (nSPS) is 16.8. The molecule has 1 fully saturated rings. The Morgan fingerprint density at radius 3 is 2.90 bits per heavy atom. The van der Waals surface area contributed by atoms with Crippen LogP contribution in [-0.2, 0) is 10.3 Å². The zero-order chi connectivity index (χ0) is 14.7. The topological polar surface area (TPSA) is 71.9 Å². The van der Waals surface area contributed by atoms with Crippen LogP contribution in [0.25, 0.3) is 11.5 Å². The second kappa shape index (κ2) is 5.66. The Morgan fingerprint density at radius 1 is 1.38 bits per heavy atom. The molecule has 0 N–H and O–H groups in total. The summed E-state index contributed by atoms with van der Waals surface area (Å²) in [6.07, 6.45) is 4.09. The lowest BCUT2D eigenvalue weighted by molar-refractivity contribution is -0.0469. The van der Waals surface area contributed by atoms with Gasteiger partial charge in [-0.15, -0.1) is 0 Å². The predicted molar refractivity (Wildman–Crippen MR) is 76.2 cm³/mol. The fourth-order valence-corrected chi connectivity index (χ4v) is 2.90. The van der Waals surface area contributed by atoms with Gasteiger partial charge in [-0.2, -0.15) is 10.2 Å². The van der Waals surface area contributed by atoms with Crippen LogP contribution in [0.3, 0.4) is 0 Å². The zero-order valence-electron chi connectivity index (χ0n) is 12.0. The average Bonchev–Trinajstić information content (AvgIpc) is 3.17. The van der Waals surface area contributed by atoms with Crippen molar-refractivity contribution in [3.05, 3.63) is 35.7 Å². The minimum Gasteiger partial charge on any atom is -0.367 e. The molecule has 108 valence electrons. The van der Waals surface area contributed by atoms with E-state index in [1.807, 2.05) is 19.1 Å². The van der Waals surface area contributed by atoms with E-state index in [1.54, 1.807) is 12.1 Å². The van der Waals surface area contributed by atoms with Crippen molar-refractivity contribution in [2.75, 3.05) is 6.61 Å². The second-order valence-corrected chi connectivity index (χ2v) is 5.25. The van der Waals surface area contributed by atoms with Gasteiger partial charge in [0.1, 0.15) is 5.60 Å². The van der Waals surface area contributed by atoms with Crippen molar-refractivity contribution in [2.45, 2.75) is 38.2 Å². The van der Waals surface area contributed by atoms with Crippen LogP contribution >= 0.6 is 0 Å². The van der Waals surface area contributed by atoms with Gasteiger partial charge in [0.2, 0.25) is 5.82 Å². The molecule has 0 spiro atoms. The summed E-state index contributed by atoms with van der Waals surface area (Å²) in [6.45, 7) is 2.62. The first kappa shape index (κ1) is 13.8. The molecular weight excluding hydrogens is 266 g/mol. The second-order valence-electron chi connectivity index (χ2n) is 5.25. The van der Waals surface area contributed by atoms with Crippen molar-refractivity contribution in [1.29, 1.82) is 5.26 Å². The molecule has 5 nitrogen and oxygen atoms in total. The molecular formula is C16H17N3O2. The molecule has 1 aromatic heterocycles. The smallest absolute Gasteiger partial charge is 0.258 e. The van der Waals surface area contributed by atoms with Crippen LogP contribution in [0.4, 0.5) is 0 Å². The summed E-state index contributed by atoms with van der Waals surface area (Å²) in [5.74, 6) is 1.06. The summed E-state index contributed by atoms with van der Waals surface area (Å²) >= 11 is 0. The number of aromatic nitrogens is 2. The van der Waals surface area contributed by atoms with E-state index in [2.05, 4.69) is 16.2 Å². The fourth-order valence-electron chi connectivity index (χ4n) is 2.90. The van der Waals surface area contributed by atoms with Crippen LogP contribution in [0, 0.1) is 11.3 Å². The molecule has 5 heteroatoms. The molecule has 1 aliphatic carbocycles. The minimum atomic E-state index is -0.399. The van der Waals surface area contributed by atoms with Gasteiger partial charge in [-0.25, -0.2) is 0 Å². The Hall–Kier alpha value is -2.19. The lowest BCUT2D eigenvalue weighted by atomic mass is 10.0. The molecule has 0 radical (unpaired) electrons. The van der Waals surface area contributed by atoms with E-state index in [1.165, 1.54) is 0 Å². The summed E-state index contributed by atoms with van der Waals surface area (Å²) in [4.78, 5) is 4.52. The van der Waals surface area contributed by atoms with Crippen molar-refractivity contribution >= 4 is 0 Å². The number of nitrogens with zero attached hydrogens (tertiary/aromatic N) is 3. The standard InChI is InChI=1S/C16H17N3O2/c1-2-20-16(8-3-4-9-16)15-18-14(21-19-15)13-7-5-6-12(10-13)11-17/h5-7,10H,2-4,8-9H2,1H3. The summed E-state index contributed by atoms with van der Waals surface area (Å²) in [7, 11) is 0. The van der Waals surface area contributed by atoms with Gasteiger partial charge in [-0.05, 0) is 50.8 Å². The summed E-state index contributed by atoms with van der Waals surface area (Å²) in [5.41, 5.74) is 0.939. The number of hydrogen-bond donors (Lipinski definition) is 0. The Kier molecular flexibility index (Phi) is 3.72. The molecule has 1 saturated carbocycles. The summed E-state index contributed by atoms with van der Waals surface area (Å²) in [6, 6.07) is 9.28. The van der Waals surface area contributed by atoms with Crippen LogP contribution in [0.5, 0.6) is 0 Å². The molecule has 0 bridgehead atoms. The molecule has 1 aliphatic rings. The van der Waals surface area contributed by atoms with E-state index >= 15 is 0 Å². The molecule has 3 rings (SSSR count). The van der Waals surface area contributed by atoms with Gasteiger partial charge >= 0.3 is 0 Å². The van der Waals surface area contributed by atoms with Crippen LogP contribution in [0.1, 0.15) is 44.0 Å². The third-order valence-electron chi connectivity index (χ3n) is 3.90. The van der Waals surface area contributed by atoms with E-state index in [0.29, 0.717) is 23.9 Å². The van der Waals surface area contributed by atoms with Gasteiger partial charge in [0.05, 0.1) is 11.6 Å². The largest absolute Gasteiger partial charge is 0.367 e. The van der Waals surface area contributed by atoms with E-state index in [9.17, 15) is 0 Å². The predicted octanol–water partition coefficient (Wildman–Crippen LogP) is 3.41. The minimum absolute atomic E-state index is 0.399. The van der Waals surface area contributed by atoms with Gasteiger partial charge in [-0.1, -0.05) is 11.2 Å². The maximum atomic E-state index is 8.96. The zero-order valence-corrected chi connectivity index (χ0v) is 12.0. The average molecular weight is 283 g/mol. The molecule has 1 heterocycles. The number of hydrogen-bond acceptors (Lipinski definition) is 5. The number of ether oxygens (including phenoxy) is 1. The van der Waals surface area contributed by atoms with Crippen LogP contribution in [0.15, 0.2) is 28.8 Å².